The average molecular weight is 525 g/mol. The van der Waals surface area contributed by atoms with Crippen molar-refractivity contribution in [3.63, 3.8) is 0 Å². The number of halogens is 1. The van der Waals surface area contributed by atoms with E-state index in [4.69, 9.17) is 14.5 Å². The van der Waals surface area contributed by atoms with Gasteiger partial charge in [-0.1, -0.05) is 22.0 Å². The van der Waals surface area contributed by atoms with E-state index < -0.39 is 18.0 Å². The Bertz CT molecular complexity index is 1240. The Labute approximate surface area is 206 Å². The molecule has 0 aliphatic carbocycles. The first-order valence-electron chi connectivity index (χ1n) is 11.0. The number of carbonyl (C=O) groups is 2. The number of aryl methyl sites for hydroxylation is 1. The van der Waals surface area contributed by atoms with Crippen LogP contribution in [0.3, 0.4) is 0 Å². The van der Waals surface area contributed by atoms with Gasteiger partial charge in [-0.25, -0.2) is 9.78 Å². The molecule has 0 fully saturated rings. The van der Waals surface area contributed by atoms with E-state index in [1.165, 1.54) is 13.8 Å². The van der Waals surface area contributed by atoms with Gasteiger partial charge in [0.05, 0.1) is 23.7 Å². The number of aromatic nitrogens is 3. The Hall–Kier alpha value is -3.33. The molecule has 0 amide bonds. The molecule has 2 atom stereocenters. The minimum Gasteiger partial charge on any atom is -0.463 e. The molecule has 8 nitrogen and oxygen atoms in total. The van der Waals surface area contributed by atoms with E-state index in [9.17, 15) is 9.59 Å². The summed E-state index contributed by atoms with van der Waals surface area (Å²) >= 11 is 3.59. The van der Waals surface area contributed by atoms with Crippen LogP contribution in [0.15, 0.2) is 58.3 Å². The number of ether oxygens (including phenoxy) is 2. The van der Waals surface area contributed by atoms with Crippen molar-refractivity contribution in [1.82, 2.24) is 14.5 Å². The van der Waals surface area contributed by atoms with E-state index in [2.05, 4.69) is 36.5 Å². The molecule has 1 unspecified atom stereocenters. The van der Waals surface area contributed by atoms with E-state index in [1.54, 1.807) is 6.20 Å². The molecule has 3 aromatic rings. The lowest BCUT2D eigenvalue weighted by molar-refractivity contribution is -0.165. The van der Waals surface area contributed by atoms with Crippen LogP contribution in [0.25, 0.3) is 5.69 Å². The van der Waals surface area contributed by atoms with Crippen molar-refractivity contribution in [3.8, 4) is 5.69 Å². The van der Waals surface area contributed by atoms with Crippen molar-refractivity contribution in [2.24, 2.45) is 4.99 Å². The van der Waals surface area contributed by atoms with Gasteiger partial charge in [-0.05, 0) is 57.0 Å². The van der Waals surface area contributed by atoms with Gasteiger partial charge in [-0.2, -0.15) is 0 Å². The van der Waals surface area contributed by atoms with Gasteiger partial charge in [0.2, 0.25) is 0 Å². The molecule has 0 spiro atoms. The van der Waals surface area contributed by atoms with Crippen LogP contribution >= 0.6 is 15.9 Å². The van der Waals surface area contributed by atoms with Crippen molar-refractivity contribution in [2.45, 2.75) is 45.8 Å². The van der Waals surface area contributed by atoms with Crippen molar-refractivity contribution in [3.05, 3.63) is 76.0 Å². The van der Waals surface area contributed by atoms with E-state index in [-0.39, 0.29) is 12.6 Å². The Morgan fingerprint density at radius 3 is 2.76 bits per heavy atom. The van der Waals surface area contributed by atoms with E-state index >= 15 is 0 Å². The summed E-state index contributed by atoms with van der Waals surface area (Å²) in [6.07, 6.45) is 3.84. The molecule has 0 saturated carbocycles. The third-order valence-corrected chi connectivity index (χ3v) is 5.94. The lowest BCUT2D eigenvalue weighted by Gasteiger charge is -2.15. The number of esters is 2. The van der Waals surface area contributed by atoms with E-state index in [0.717, 1.165) is 38.6 Å². The Balaban J connectivity index is 1.62. The molecule has 1 aromatic carbocycles. The summed E-state index contributed by atoms with van der Waals surface area (Å²) < 4.78 is 13.2. The van der Waals surface area contributed by atoms with Gasteiger partial charge < -0.3 is 9.47 Å². The van der Waals surface area contributed by atoms with Crippen molar-refractivity contribution >= 4 is 33.6 Å². The fraction of sp³-hybridized carbons (Fsp3) is 0.320. The summed E-state index contributed by atoms with van der Waals surface area (Å²) in [5, 5.41) is 0. The molecule has 2 aromatic heterocycles. The van der Waals surface area contributed by atoms with Crippen molar-refractivity contribution < 1.29 is 19.1 Å². The molecule has 34 heavy (non-hydrogen) atoms. The molecule has 0 N–H and O–H groups in total. The number of pyridine rings is 1. The molecule has 0 saturated heterocycles. The zero-order valence-corrected chi connectivity index (χ0v) is 20.8. The summed E-state index contributed by atoms with van der Waals surface area (Å²) in [4.78, 5) is 37.4. The van der Waals surface area contributed by atoms with Crippen LogP contribution in [-0.4, -0.2) is 44.9 Å². The first-order valence-corrected chi connectivity index (χ1v) is 11.8. The smallest absolute Gasteiger partial charge is 0.347 e. The number of imidazole rings is 1. The summed E-state index contributed by atoms with van der Waals surface area (Å²) in [7, 11) is 0. The van der Waals surface area contributed by atoms with Gasteiger partial charge in [0.15, 0.2) is 6.10 Å². The van der Waals surface area contributed by atoms with Crippen LogP contribution in [0.2, 0.25) is 0 Å². The van der Waals surface area contributed by atoms with Crippen LogP contribution in [0, 0.1) is 6.92 Å². The van der Waals surface area contributed by atoms with Crippen molar-refractivity contribution in [2.75, 3.05) is 6.61 Å². The van der Waals surface area contributed by atoms with Crippen molar-refractivity contribution in [1.29, 1.82) is 0 Å². The zero-order valence-electron chi connectivity index (χ0n) is 19.2. The number of nitrogens with zero attached hydrogens (tertiary/aromatic N) is 4. The summed E-state index contributed by atoms with van der Waals surface area (Å²) in [5.41, 5.74) is 4.51. The summed E-state index contributed by atoms with van der Waals surface area (Å²) in [6, 6.07) is 11.6. The fourth-order valence-corrected chi connectivity index (χ4v) is 4.31. The minimum absolute atomic E-state index is 0.188. The highest BCUT2D eigenvalue weighted by molar-refractivity contribution is 9.10. The number of fused-ring (bicyclic) bond motifs is 3. The largest absolute Gasteiger partial charge is 0.463 e. The third-order valence-electron chi connectivity index (χ3n) is 5.45. The average Bonchev–Trinajstić information content (AvgIpc) is 3.13. The molecule has 4 rings (SSSR count). The molecule has 1 aliphatic rings. The summed E-state index contributed by atoms with van der Waals surface area (Å²) in [5.74, 6) is -0.261. The molecule has 3 heterocycles. The highest BCUT2D eigenvalue weighted by atomic mass is 79.9. The lowest BCUT2D eigenvalue weighted by Crippen LogP contribution is -2.25. The topological polar surface area (TPSA) is 95.7 Å². The number of hydrogen-bond acceptors (Lipinski definition) is 7. The highest BCUT2D eigenvalue weighted by Gasteiger charge is 2.28. The van der Waals surface area contributed by atoms with Gasteiger partial charge >= 0.3 is 11.9 Å². The number of benzene rings is 1. The maximum absolute atomic E-state index is 12.0. The second-order valence-electron chi connectivity index (χ2n) is 8.02. The van der Waals surface area contributed by atoms with Gasteiger partial charge in [0.1, 0.15) is 11.9 Å². The molecular weight excluding hydrogens is 500 g/mol. The van der Waals surface area contributed by atoms with E-state index in [0.29, 0.717) is 12.8 Å². The van der Waals surface area contributed by atoms with Crippen LogP contribution in [0.4, 0.5) is 0 Å². The Kier molecular flexibility index (Phi) is 7.21. The molecular formula is C25H25BrN4O4. The predicted octanol–water partition coefficient (Wildman–Crippen LogP) is 4.51. The standard InChI is InChI=1S/C25H25BrN4O4/c1-15-14-28-24-21(8-6-12-33-25(32)16(2)34-17(3)31)29-23(20-7-4-5-11-27-20)19-13-18(26)9-10-22(19)30(15)24/h4-5,7,9-11,13-14,16,21H,6,8,12H2,1-3H3/t16?,21-/m0/s1. The minimum atomic E-state index is -0.932. The Morgan fingerprint density at radius 2 is 2.03 bits per heavy atom. The predicted molar refractivity (Wildman–Crippen MR) is 130 cm³/mol. The van der Waals surface area contributed by atoms with Crippen LogP contribution < -0.4 is 0 Å². The van der Waals surface area contributed by atoms with Crippen LogP contribution in [0.1, 0.15) is 55.5 Å². The van der Waals surface area contributed by atoms with Crippen LogP contribution in [0.5, 0.6) is 0 Å². The van der Waals surface area contributed by atoms with Gasteiger partial charge in [0.25, 0.3) is 0 Å². The maximum atomic E-state index is 12.0. The van der Waals surface area contributed by atoms with Gasteiger partial charge in [-0.15, -0.1) is 0 Å². The maximum Gasteiger partial charge on any atom is 0.347 e. The SMILES string of the molecule is CC(=O)OC(C)C(=O)OCCC[C@@H]1N=C(c2ccccn2)c2cc(Br)ccc2-n2c(C)cnc21. The second-order valence-corrected chi connectivity index (χ2v) is 8.94. The number of aliphatic imine (C=N–C) groups is 1. The van der Waals surface area contributed by atoms with Crippen LogP contribution in [-0.2, 0) is 19.1 Å². The number of rotatable bonds is 7. The molecule has 1 aliphatic heterocycles. The second kappa shape index (κ2) is 10.3. The monoisotopic (exact) mass is 524 g/mol. The van der Waals surface area contributed by atoms with Gasteiger partial charge in [0, 0.05) is 35.0 Å². The normalized spacial score (nSPS) is 15.4. The first kappa shape index (κ1) is 23.8. The Morgan fingerprint density at radius 1 is 1.21 bits per heavy atom. The molecule has 0 radical (unpaired) electrons. The molecule has 176 valence electrons. The van der Waals surface area contributed by atoms with Gasteiger partial charge in [-0.3, -0.25) is 19.3 Å². The third kappa shape index (κ3) is 5.09. The quantitative estimate of drug-likeness (QED) is 0.333. The fourth-order valence-electron chi connectivity index (χ4n) is 3.94. The highest BCUT2D eigenvalue weighted by Crippen LogP contribution is 2.34. The zero-order chi connectivity index (χ0) is 24.2. The molecule has 0 bridgehead atoms. The first-order chi connectivity index (χ1) is 16.3. The molecule has 9 heteroatoms. The summed E-state index contributed by atoms with van der Waals surface area (Å²) in [6.45, 7) is 4.96. The number of hydrogen-bond donors (Lipinski definition) is 0. The van der Waals surface area contributed by atoms with E-state index in [1.807, 2.05) is 43.5 Å². The number of carbonyl (C=O) groups excluding carboxylic acids is 2. The lowest BCUT2D eigenvalue weighted by atomic mass is 10.0.